The van der Waals surface area contributed by atoms with Gasteiger partial charge in [0.05, 0.1) is 19.2 Å². The largest absolute Gasteiger partial charge is 0.496 e. The summed E-state index contributed by atoms with van der Waals surface area (Å²) in [5.74, 6) is 2.48. The predicted octanol–water partition coefficient (Wildman–Crippen LogP) is 3.51. The molecule has 0 saturated carbocycles. The highest BCUT2D eigenvalue weighted by atomic mass is 32.2. The van der Waals surface area contributed by atoms with Crippen LogP contribution in [0, 0.1) is 0 Å². The number of ether oxygens (including phenoxy) is 1. The van der Waals surface area contributed by atoms with Crippen LogP contribution in [0.5, 0.6) is 5.75 Å². The topological polar surface area (TPSA) is 127 Å². The Hall–Kier alpha value is -3.21. The van der Waals surface area contributed by atoms with E-state index in [2.05, 4.69) is 56.4 Å². The van der Waals surface area contributed by atoms with Crippen LogP contribution in [0.3, 0.4) is 0 Å². The number of nitrogen functional groups attached to an aromatic ring is 1. The maximum atomic E-state index is 11.3. The molecule has 0 aliphatic heterocycles. The van der Waals surface area contributed by atoms with Crippen molar-refractivity contribution in [3.05, 3.63) is 53.6 Å². The number of hydrogen-bond donors (Lipinski definition) is 4. The minimum absolute atomic E-state index is 0.262. The van der Waals surface area contributed by atoms with Crippen molar-refractivity contribution in [2.45, 2.75) is 32.9 Å². The van der Waals surface area contributed by atoms with Gasteiger partial charge >= 0.3 is 0 Å². The van der Waals surface area contributed by atoms with E-state index in [0.717, 1.165) is 71.1 Å². The zero-order valence-electron chi connectivity index (χ0n) is 22.1. The van der Waals surface area contributed by atoms with Gasteiger partial charge in [-0.15, -0.1) is 0 Å². The number of benzene rings is 2. The van der Waals surface area contributed by atoms with Crippen LogP contribution in [0.1, 0.15) is 30.9 Å². The molecule has 0 spiro atoms. The lowest BCUT2D eigenvalue weighted by Crippen LogP contribution is -2.19. The summed E-state index contributed by atoms with van der Waals surface area (Å²) < 4.78 is 19.3. The second-order valence-corrected chi connectivity index (χ2v) is 10.2. The normalized spacial score (nSPS) is 11.8. The van der Waals surface area contributed by atoms with Crippen LogP contribution in [0.25, 0.3) is 21.9 Å². The highest BCUT2D eigenvalue weighted by Crippen LogP contribution is 2.34. The first kappa shape index (κ1) is 28.4. The Balaban J connectivity index is 0.00000186. The molecule has 0 aliphatic rings. The molecular formula is C27H38N6O3S. The maximum absolute atomic E-state index is 11.3. The number of aliphatic hydroxyl groups is 1. The first-order chi connectivity index (χ1) is 18.0. The van der Waals surface area contributed by atoms with Gasteiger partial charge < -0.3 is 30.8 Å². The van der Waals surface area contributed by atoms with Crippen molar-refractivity contribution in [1.82, 2.24) is 19.9 Å². The van der Waals surface area contributed by atoms with E-state index in [9.17, 15) is 4.21 Å². The van der Waals surface area contributed by atoms with E-state index >= 15 is 0 Å². The number of anilines is 2. The molecule has 4 aromatic rings. The molecule has 1 unspecified atom stereocenters. The quantitative estimate of drug-likeness (QED) is 0.207. The maximum Gasteiger partial charge on any atom is 0.222 e. The van der Waals surface area contributed by atoms with Gasteiger partial charge in [-0.05, 0) is 30.2 Å². The van der Waals surface area contributed by atoms with Crippen molar-refractivity contribution in [1.29, 1.82) is 0 Å². The van der Waals surface area contributed by atoms with Gasteiger partial charge in [-0.3, -0.25) is 4.21 Å². The Bertz CT molecular complexity index is 1340. The molecule has 200 valence electrons. The molecule has 9 nitrogen and oxygen atoms in total. The minimum Gasteiger partial charge on any atom is -0.496 e. The molecule has 4 rings (SSSR count). The van der Waals surface area contributed by atoms with E-state index in [1.54, 1.807) is 13.4 Å². The van der Waals surface area contributed by atoms with Crippen LogP contribution < -0.4 is 21.1 Å². The molecule has 5 N–H and O–H groups in total. The zero-order chi connectivity index (χ0) is 26.8. The van der Waals surface area contributed by atoms with Crippen molar-refractivity contribution in [2.24, 2.45) is 0 Å². The number of nitrogens with one attached hydrogen (secondary N) is 2. The Labute approximate surface area is 220 Å². The second kappa shape index (κ2) is 13.9. The molecule has 2 aromatic heterocycles. The lowest BCUT2D eigenvalue weighted by atomic mass is 10.1. The number of fused-ring (bicyclic) bond motifs is 3. The molecule has 2 aromatic carbocycles. The number of para-hydroxylation sites is 1. The van der Waals surface area contributed by atoms with E-state index < -0.39 is 10.8 Å². The molecule has 1 atom stereocenters. The van der Waals surface area contributed by atoms with Crippen molar-refractivity contribution >= 4 is 44.5 Å². The zero-order valence-corrected chi connectivity index (χ0v) is 22.9. The number of methoxy groups -OCH3 is 1. The number of hydrogen-bond acceptors (Lipinski definition) is 8. The smallest absolute Gasteiger partial charge is 0.222 e. The van der Waals surface area contributed by atoms with Gasteiger partial charge in [0, 0.05) is 60.5 Å². The third kappa shape index (κ3) is 6.97. The molecule has 37 heavy (non-hydrogen) atoms. The standard InChI is InChI=1S/C26H34N6O2S.CH4O/c1-4-5-12-29-25-24-23(30-26(27)31-25)20-8-6-7-9-21(20)32(24)17-19-15-18(10-11-22(19)34-2)16-28-13-14-35(3)33;1-2/h6-11,15,28H,4-5,12-14,16-17H2,1-3H3,(H3,27,29,30,31);2H,1H3. The highest BCUT2D eigenvalue weighted by Gasteiger charge is 2.19. The molecule has 0 aliphatic carbocycles. The van der Waals surface area contributed by atoms with Gasteiger partial charge in [0.1, 0.15) is 16.8 Å². The fraction of sp³-hybridized carbons (Fsp3) is 0.407. The number of nitrogens with two attached hydrogens (primary N) is 1. The molecule has 10 heteroatoms. The average molecular weight is 527 g/mol. The summed E-state index contributed by atoms with van der Waals surface area (Å²) in [6, 6.07) is 14.5. The number of aliphatic hydroxyl groups excluding tert-OH is 1. The van der Waals surface area contributed by atoms with E-state index in [1.807, 2.05) is 18.2 Å². The van der Waals surface area contributed by atoms with Crippen LogP contribution >= 0.6 is 0 Å². The fourth-order valence-electron chi connectivity index (χ4n) is 4.30. The Morgan fingerprint density at radius 1 is 1.14 bits per heavy atom. The lowest BCUT2D eigenvalue weighted by molar-refractivity contribution is 0.399. The summed E-state index contributed by atoms with van der Waals surface area (Å²) in [4.78, 5) is 9.18. The van der Waals surface area contributed by atoms with Gasteiger partial charge in [-0.25, -0.2) is 4.98 Å². The van der Waals surface area contributed by atoms with Crippen molar-refractivity contribution < 1.29 is 14.1 Å². The van der Waals surface area contributed by atoms with Crippen molar-refractivity contribution in [2.75, 3.05) is 50.4 Å². The molecule has 0 amide bonds. The number of nitrogens with zero attached hydrogens (tertiary/aromatic N) is 3. The summed E-state index contributed by atoms with van der Waals surface area (Å²) in [6.45, 7) is 4.98. The number of aromatic nitrogens is 3. The highest BCUT2D eigenvalue weighted by molar-refractivity contribution is 7.84. The van der Waals surface area contributed by atoms with Crippen LogP contribution in [0.4, 0.5) is 11.8 Å². The Morgan fingerprint density at radius 3 is 2.65 bits per heavy atom. The summed E-state index contributed by atoms with van der Waals surface area (Å²) in [7, 11) is 1.89. The van der Waals surface area contributed by atoms with Gasteiger partial charge in [0.15, 0.2) is 5.82 Å². The summed E-state index contributed by atoms with van der Waals surface area (Å²) in [6.07, 6.45) is 3.85. The van der Waals surface area contributed by atoms with Crippen LogP contribution in [0.15, 0.2) is 42.5 Å². The molecule has 0 radical (unpaired) electrons. The van der Waals surface area contributed by atoms with Crippen molar-refractivity contribution in [3.63, 3.8) is 0 Å². The van der Waals surface area contributed by atoms with Crippen LogP contribution in [-0.4, -0.2) is 63.2 Å². The van der Waals surface area contributed by atoms with E-state index in [4.69, 9.17) is 15.6 Å². The van der Waals surface area contributed by atoms with E-state index in [-0.39, 0.29) is 5.95 Å². The lowest BCUT2D eigenvalue weighted by Gasteiger charge is -2.15. The third-order valence-electron chi connectivity index (χ3n) is 6.01. The molecule has 0 fully saturated rings. The van der Waals surface area contributed by atoms with Crippen molar-refractivity contribution in [3.8, 4) is 5.75 Å². The predicted molar refractivity (Wildman–Crippen MR) is 154 cm³/mol. The van der Waals surface area contributed by atoms with E-state index in [1.165, 1.54) is 0 Å². The number of rotatable bonds is 12. The van der Waals surface area contributed by atoms with Gasteiger partial charge in [-0.1, -0.05) is 37.6 Å². The summed E-state index contributed by atoms with van der Waals surface area (Å²) in [5, 5.41) is 14.9. The second-order valence-electron chi connectivity index (χ2n) is 8.61. The minimum atomic E-state index is -0.802. The van der Waals surface area contributed by atoms with Gasteiger partial charge in [0.2, 0.25) is 5.95 Å². The summed E-state index contributed by atoms with van der Waals surface area (Å²) in [5.41, 5.74) is 11.2. The van der Waals surface area contributed by atoms with Crippen LogP contribution in [0.2, 0.25) is 0 Å². The monoisotopic (exact) mass is 526 g/mol. The van der Waals surface area contributed by atoms with Gasteiger partial charge in [0.25, 0.3) is 0 Å². The van der Waals surface area contributed by atoms with E-state index in [0.29, 0.717) is 25.4 Å². The fourth-order valence-corrected chi connectivity index (χ4v) is 4.73. The third-order valence-corrected chi connectivity index (χ3v) is 6.79. The molecule has 0 bridgehead atoms. The molecule has 2 heterocycles. The SMILES string of the molecule is CCCCNc1nc(N)nc2c3ccccc3n(Cc3cc(CNCCS(C)=O)ccc3OC)c12.CO. The van der Waals surface area contributed by atoms with Gasteiger partial charge in [-0.2, -0.15) is 4.98 Å². The number of unbranched alkanes of at least 4 members (excludes halogenated alkanes) is 1. The Kier molecular flexibility index (Phi) is 10.7. The first-order valence-corrected chi connectivity index (χ1v) is 14.1. The van der Waals surface area contributed by atoms with Crippen LogP contribution in [-0.2, 0) is 23.9 Å². The Morgan fingerprint density at radius 2 is 1.92 bits per heavy atom. The summed E-state index contributed by atoms with van der Waals surface area (Å²) >= 11 is 0. The average Bonchev–Trinajstić information content (AvgIpc) is 3.21. The molecule has 0 saturated heterocycles. The molecular weight excluding hydrogens is 488 g/mol. The first-order valence-electron chi connectivity index (χ1n) is 12.4.